The Morgan fingerprint density at radius 2 is 2.07 bits per heavy atom. The van der Waals surface area contributed by atoms with Gasteiger partial charge in [-0.05, 0) is 54.8 Å². The van der Waals surface area contributed by atoms with Crippen molar-refractivity contribution in [2.24, 2.45) is 0 Å². The molecule has 2 rings (SSSR count). The van der Waals surface area contributed by atoms with E-state index in [0.29, 0.717) is 0 Å². The van der Waals surface area contributed by atoms with Crippen molar-refractivity contribution in [3.63, 3.8) is 0 Å². The van der Waals surface area contributed by atoms with Gasteiger partial charge in [0.1, 0.15) is 10.9 Å². The number of aryl methyl sites for hydroxylation is 2. The molecule has 0 bridgehead atoms. The molecule has 15 heavy (non-hydrogen) atoms. The van der Waals surface area contributed by atoms with Gasteiger partial charge in [-0.3, -0.25) is 0 Å². The van der Waals surface area contributed by atoms with Crippen molar-refractivity contribution in [2.75, 3.05) is 0 Å². The Kier molecular flexibility index (Phi) is 3.18. The van der Waals surface area contributed by atoms with Crippen LogP contribution in [0.25, 0.3) is 0 Å². The molecule has 0 aromatic carbocycles. The second kappa shape index (κ2) is 4.42. The molecule has 78 valence electrons. The van der Waals surface area contributed by atoms with E-state index in [1.54, 1.807) is 0 Å². The highest BCUT2D eigenvalue weighted by atomic mass is 35.5. The largest absolute Gasteiger partial charge is 0.223 e. The van der Waals surface area contributed by atoms with E-state index in [1.807, 2.05) is 19.9 Å². The van der Waals surface area contributed by atoms with Gasteiger partial charge in [0.05, 0.1) is 0 Å². The summed E-state index contributed by atoms with van der Waals surface area (Å²) in [5.74, 6) is 0.777. The highest BCUT2D eigenvalue weighted by Gasteiger charge is 2.06. The molecule has 2 aromatic heterocycles. The van der Waals surface area contributed by atoms with Gasteiger partial charge in [-0.2, -0.15) is 4.37 Å². The van der Waals surface area contributed by atoms with Crippen LogP contribution in [0.5, 0.6) is 0 Å². The second-order valence-corrected chi connectivity index (χ2v) is 5.18. The summed E-state index contributed by atoms with van der Waals surface area (Å²) in [7, 11) is 0. The lowest BCUT2D eigenvalue weighted by Gasteiger charge is -1.98. The van der Waals surface area contributed by atoms with E-state index >= 15 is 0 Å². The summed E-state index contributed by atoms with van der Waals surface area (Å²) in [4.78, 5) is 12.3. The van der Waals surface area contributed by atoms with Crippen LogP contribution in [0.4, 0.5) is 0 Å². The van der Waals surface area contributed by atoms with Crippen molar-refractivity contribution >= 4 is 34.9 Å². The van der Waals surface area contributed by atoms with Crippen LogP contribution < -0.4 is 0 Å². The van der Waals surface area contributed by atoms with Crippen molar-refractivity contribution in [1.82, 2.24) is 19.3 Å². The molecule has 2 aromatic rings. The molecule has 0 saturated carbocycles. The molecule has 0 atom stereocenters. The van der Waals surface area contributed by atoms with Crippen LogP contribution >= 0.6 is 34.9 Å². The molecule has 0 aliphatic carbocycles. The minimum Gasteiger partial charge on any atom is -0.223 e. The predicted molar refractivity (Wildman–Crippen MR) is 60.5 cm³/mol. The first-order valence-corrected chi connectivity index (χ1v) is 6.09. The third-order valence-electron chi connectivity index (χ3n) is 1.50. The van der Waals surface area contributed by atoms with Crippen molar-refractivity contribution in [2.45, 2.75) is 23.2 Å². The van der Waals surface area contributed by atoms with Crippen LogP contribution in [0.1, 0.15) is 11.5 Å². The summed E-state index contributed by atoms with van der Waals surface area (Å²) in [6.45, 7) is 3.74. The number of rotatable bonds is 2. The number of halogens is 1. The van der Waals surface area contributed by atoms with Crippen LogP contribution in [0, 0.1) is 13.8 Å². The Morgan fingerprint density at radius 3 is 2.67 bits per heavy atom. The van der Waals surface area contributed by atoms with Crippen molar-refractivity contribution < 1.29 is 0 Å². The highest BCUT2D eigenvalue weighted by molar-refractivity contribution is 8.00. The third kappa shape index (κ3) is 2.87. The van der Waals surface area contributed by atoms with Gasteiger partial charge in [0.25, 0.3) is 0 Å². The van der Waals surface area contributed by atoms with Crippen molar-refractivity contribution in [3.8, 4) is 0 Å². The lowest BCUT2D eigenvalue weighted by atomic mass is 10.5. The van der Waals surface area contributed by atoms with Crippen LogP contribution in [-0.4, -0.2) is 19.3 Å². The van der Waals surface area contributed by atoms with E-state index < -0.39 is 0 Å². The Bertz CT molecular complexity index is 465. The summed E-state index contributed by atoms with van der Waals surface area (Å²) >= 11 is 8.55. The maximum absolute atomic E-state index is 5.75. The Labute approximate surface area is 100 Å². The standard InChI is InChI=1S/C8H7ClN4S2/c1-4-3-6(12-7(9)10-4)14-8-11-5(2)13-15-8/h3H,1-2H3. The lowest BCUT2D eigenvalue weighted by Crippen LogP contribution is -1.88. The first-order chi connectivity index (χ1) is 7.13. The Morgan fingerprint density at radius 1 is 1.27 bits per heavy atom. The fraction of sp³-hybridized carbons (Fsp3) is 0.250. The van der Waals surface area contributed by atoms with Gasteiger partial charge in [0.15, 0.2) is 4.34 Å². The monoisotopic (exact) mass is 258 g/mol. The zero-order valence-corrected chi connectivity index (χ0v) is 10.4. The number of hydrogen-bond donors (Lipinski definition) is 0. The van der Waals surface area contributed by atoms with E-state index in [2.05, 4.69) is 19.3 Å². The minimum atomic E-state index is 0.263. The summed E-state index contributed by atoms with van der Waals surface area (Å²) < 4.78 is 4.95. The van der Waals surface area contributed by atoms with Crippen LogP contribution in [0.15, 0.2) is 15.4 Å². The van der Waals surface area contributed by atoms with Crippen molar-refractivity contribution in [3.05, 3.63) is 22.9 Å². The van der Waals surface area contributed by atoms with Gasteiger partial charge < -0.3 is 0 Å². The third-order valence-corrected chi connectivity index (χ3v) is 3.43. The average molecular weight is 259 g/mol. The minimum absolute atomic E-state index is 0.263. The van der Waals surface area contributed by atoms with Gasteiger partial charge in [-0.25, -0.2) is 15.0 Å². The molecule has 0 saturated heterocycles. The van der Waals surface area contributed by atoms with Crippen LogP contribution in [-0.2, 0) is 0 Å². The van der Waals surface area contributed by atoms with Crippen LogP contribution in [0.2, 0.25) is 5.28 Å². The van der Waals surface area contributed by atoms with Gasteiger partial charge in [0.2, 0.25) is 5.28 Å². The van der Waals surface area contributed by atoms with E-state index in [9.17, 15) is 0 Å². The summed E-state index contributed by atoms with van der Waals surface area (Å²) in [5.41, 5.74) is 0.846. The van der Waals surface area contributed by atoms with E-state index in [-0.39, 0.29) is 5.28 Å². The Hall–Kier alpha value is -0.720. The quantitative estimate of drug-likeness (QED) is 0.612. The number of aromatic nitrogens is 4. The Balaban J connectivity index is 2.24. The average Bonchev–Trinajstić information content (AvgIpc) is 2.49. The van der Waals surface area contributed by atoms with E-state index in [0.717, 1.165) is 20.9 Å². The first kappa shape index (κ1) is 10.8. The molecule has 0 fully saturated rings. The number of hydrogen-bond acceptors (Lipinski definition) is 6. The van der Waals surface area contributed by atoms with Gasteiger partial charge in [-0.15, -0.1) is 0 Å². The molecular formula is C8H7ClN4S2. The molecular weight excluding hydrogens is 252 g/mol. The topological polar surface area (TPSA) is 51.6 Å². The first-order valence-electron chi connectivity index (χ1n) is 4.13. The molecule has 0 amide bonds. The molecule has 0 N–H and O–H groups in total. The molecule has 0 aliphatic heterocycles. The molecule has 4 nitrogen and oxygen atoms in total. The smallest absolute Gasteiger partial charge is 0.223 e. The predicted octanol–water partition coefficient (Wildman–Crippen LogP) is 2.75. The van der Waals surface area contributed by atoms with E-state index in [4.69, 9.17) is 11.6 Å². The zero-order valence-electron chi connectivity index (χ0n) is 8.06. The lowest BCUT2D eigenvalue weighted by molar-refractivity contribution is 1.00. The van der Waals surface area contributed by atoms with Crippen LogP contribution in [0.3, 0.4) is 0 Å². The summed E-state index contributed by atoms with van der Waals surface area (Å²) in [6, 6.07) is 1.87. The maximum Gasteiger partial charge on any atom is 0.223 e. The van der Waals surface area contributed by atoms with Gasteiger partial charge in [0, 0.05) is 5.69 Å². The summed E-state index contributed by atoms with van der Waals surface area (Å²) in [6.07, 6.45) is 0. The van der Waals surface area contributed by atoms with Gasteiger partial charge in [-0.1, -0.05) is 0 Å². The SMILES string of the molecule is Cc1cc(Sc2nc(C)ns2)nc(Cl)n1. The van der Waals surface area contributed by atoms with Crippen molar-refractivity contribution in [1.29, 1.82) is 0 Å². The van der Waals surface area contributed by atoms with E-state index in [1.165, 1.54) is 23.3 Å². The number of nitrogens with zero attached hydrogens (tertiary/aromatic N) is 4. The normalized spacial score (nSPS) is 10.6. The van der Waals surface area contributed by atoms with Gasteiger partial charge >= 0.3 is 0 Å². The fourth-order valence-corrected chi connectivity index (χ4v) is 2.90. The highest BCUT2D eigenvalue weighted by Crippen LogP contribution is 2.28. The second-order valence-electron chi connectivity index (χ2n) is 2.83. The molecule has 0 unspecified atom stereocenters. The zero-order chi connectivity index (χ0) is 10.8. The molecule has 0 radical (unpaired) electrons. The maximum atomic E-state index is 5.75. The molecule has 0 spiro atoms. The fourth-order valence-electron chi connectivity index (χ4n) is 0.966. The summed E-state index contributed by atoms with van der Waals surface area (Å²) in [5, 5.41) is 1.06. The molecule has 2 heterocycles. The molecule has 7 heteroatoms. The molecule has 0 aliphatic rings.